The molecule has 0 aromatic heterocycles. The molecule has 0 atom stereocenters. The molecule has 0 aliphatic carbocycles. The van der Waals surface area contributed by atoms with E-state index >= 15 is 0 Å². The summed E-state index contributed by atoms with van der Waals surface area (Å²) in [6, 6.07) is 0. The van der Waals surface area contributed by atoms with E-state index < -0.39 is 0 Å². The molecule has 0 aromatic carbocycles. The average Bonchev–Trinajstić information content (AvgIpc) is 0.918. The van der Waals surface area contributed by atoms with E-state index in [-0.39, 0.29) is 16.5 Å². The maximum Gasteiger partial charge on any atom is 0 e. The summed E-state index contributed by atoms with van der Waals surface area (Å²) in [5.41, 5.74) is 0. The summed E-state index contributed by atoms with van der Waals surface area (Å²) in [4.78, 5) is 0. The van der Waals surface area contributed by atoms with Crippen LogP contribution in [0, 0.1) is 0 Å². The minimum absolute atomic E-state index is 0. The van der Waals surface area contributed by atoms with Crippen LogP contribution in [0.5, 0.6) is 0 Å². The van der Waals surface area contributed by atoms with Crippen LogP contribution in [0.1, 0.15) is 0 Å². The Labute approximate surface area is 36.7 Å². The molecular weight excluding hydrogens is 96.7 g/mol. The first-order chi connectivity index (χ1) is 1.41. The van der Waals surface area contributed by atoms with Crippen LogP contribution < -0.4 is 0 Å². The fourth-order valence-electron chi connectivity index (χ4n) is 0. The molecule has 0 fully saturated rings. The summed E-state index contributed by atoms with van der Waals surface area (Å²) in [5, 5.41) is 3.50. The third kappa shape index (κ3) is 25.2. The van der Waals surface area contributed by atoms with E-state index in [1.165, 1.54) is 0 Å². The smallest absolute Gasteiger partial charge is 0 e. The molecule has 0 saturated carbocycles. The summed E-state index contributed by atoms with van der Waals surface area (Å²) in [6.07, 6.45) is 0. The van der Waals surface area contributed by atoms with Crippen LogP contribution in [0.25, 0.3) is 5.32 Å². The third-order valence-corrected chi connectivity index (χ3v) is 0. The Morgan fingerprint density at radius 2 is 1.25 bits per heavy atom. The van der Waals surface area contributed by atoms with Gasteiger partial charge in [0.25, 0.3) is 0 Å². The molecule has 0 N–H and O–H groups in total. The zero-order valence-electron chi connectivity index (χ0n) is 2.76. The molecule has 0 saturated heterocycles. The van der Waals surface area contributed by atoms with Gasteiger partial charge < -0.3 is 5.32 Å². The largest absolute Gasteiger partial charge is 0.668 e. The summed E-state index contributed by atoms with van der Waals surface area (Å²) in [6.45, 7) is 0. The van der Waals surface area contributed by atoms with E-state index in [1.807, 2.05) is 0 Å². The predicted octanol–water partition coefficient (Wildman–Crippen LogP) is 0.617. The van der Waals surface area contributed by atoms with Gasteiger partial charge in [-0.2, -0.15) is 14.1 Å². The molecular formula is C2H6NNi-. The second-order valence-electron chi connectivity index (χ2n) is 0.447. The molecule has 0 radical (unpaired) electrons. The van der Waals surface area contributed by atoms with Crippen LogP contribution in [-0.4, -0.2) is 14.1 Å². The van der Waals surface area contributed by atoms with Crippen molar-refractivity contribution in [1.29, 1.82) is 0 Å². The Morgan fingerprint density at radius 3 is 1.25 bits per heavy atom. The molecule has 0 unspecified atom stereocenters. The van der Waals surface area contributed by atoms with E-state index in [2.05, 4.69) is 5.32 Å². The van der Waals surface area contributed by atoms with Crippen molar-refractivity contribution in [2.24, 2.45) is 0 Å². The summed E-state index contributed by atoms with van der Waals surface area (Å²) >= 11 is 0. The molecule has 0 bridgehead atoms. The summed E-state index contributed by atoms with van der Waals surface area (Å²) in [7, 11) is 3.50. The Kier molecular flexibility index (Phi) is 21.7. The monoisotopic (exact) mass is 102 g/mol. The van der Waals surface area contributed by atoms with Crippen LogP contribution in [-0.2, 0) is 16.5 Å². The van der Waals surface area contributed by atoms with Gasteiger partial charge in [0.2, 0.25) is 0 Å². The summed E-state index contributed by atoms with van der Waals surface area (Å²) in [5.74, 6) is 0. The van der Waals surface area contributed by atoms with Crippen LogP contribution in [0.15, 0.2) is 0 Å². The molecule has 0 aliphatic heterocycles. The predicted molar refractivity (Wildman–Crippen MR) is 15.2 cm³/mol. The zero-order chi connectivity index (χ0) is 2.71. The molecule has 0 heterocycles. The van der Waals surface area contributed by atoms with E-state index in [1.54, 1.807) is 14.1 Å². The molecule has 0 spiro atoms. The minimum atomic E-state index is 0. The number of nitrogens with zero attached hydrogens (tertiary/aromatic N) is 1. The number of hydrogen-bond acceptors (Lipinski definition) is 0. The second-order valence-corrected chi connectivity index (χ2v) is 0.447. The van der Waals surface area contributed by atoms with Gasteiger partial charge in [-0.05, 0) is 0 Å². The second kappa shape index (κ2) is 9.84. The molecule has 30 valence electrons. The normalized spacial score (nSPS) is 4.50. The van der Waals surface area contributed by atoms with Crippen molar-refractivity contribution in [3.63, 3.8) is 0 Å². The van der Waals surface area contributed by atoms with Crippen LogP contribution in [0.4, 0.5) is 0 Å². The van der Waals surface area contributed by atoms with Crippen LogP contribution in [0.2, 0.25) is 0 Å². The van der Waals surface area contributed by atoms with Gasteiger partial charge in [-0.3, -0.25) is 0 Å². The van der Waals surface area contributed by atoms with Crippen molar-refractivity contribution in [3.8, 4) is 0 Å². The van der Waals surface area contributed by atoms with Gasteiger partial charge in [-0.25, -0.2) is 0 Å². The fraction of sp³-hybridized carbons (Fsp3) is 1.00. The fourth-order valence-corrected chi connectivity index (χ4v) is 0. The molecule has 0 rings (SSSR count). The number of rotatable bonds is 0. The van der Waals surface area contributed by atoms with Crippen molar-refractivity contribution in [2.45, 2.75) is 0 Å². The van der Waals surface area contributed by atoms with Crippen molar-refractivity contribution in [3.05, 3.63) is 5.32 Å². The minimum Gasteiger partial charge on any atom is -0.668 e. The van der Waals surface area contributed by atoms with Crippen molar-refractivity contribution in [1.82, 2.24) is 0 Å². The molecule has 0 aliphatic rings. The third-order valence-electron chi connectivity index (χ3n) is 0. The number of hydrogen-bond donors (Lipinski definition) is 0. The van der Waals surface area contributed by atoms with Gasteiger partial charge in [0.05, 0.1) is 0 Å². The average molecular weight is 103 g/mol. The maximum absolute atomic E-state index is 3.50. The van der Waals surface area contributed by atoms with E-state index in [9.17, 15) is 0 Å². The van der Waals surface area contributed by atoms with Crippen molar-refractivity contribution in [2.75, 3.05) is 14.1 Å². The molecule has 0 aromatic rings. The van der Waals surface area contributed by atoms with E-state index in [0.717, 1.165) is 0 Å². The molecule has 2 heteroatoms. The topological polar surface area (TPSA) is 14.1 Å². The van der Waals surface area contributed by atoms with Crippen LogP contribution >= 0.6 is 0 Å². The SMILES string of the molecule is C[N-]C.[Ni]. The van der Waals surface area contributed by atoms with Gasteiger partial charge in [0.1, 0.15) is 0 Å². The standard InChI is InChI=1S/C2H6N.Ni/c1-3-2;/h1-2H3;/q-1;. The van der Waals surface area contributed by atoms with Crippen molar-refractivity contribution < 1.29 is 16.5 Å². The van der Waals surface area contributed by atoms with Gasteiger partial charge in [-0.1, -0.05) is 0 Å². The van der Waals surface area contributed by atoms with Gasteiger partial charge in [0, 0.05) is 16.5 Å². The van der Waals surface area contributed by atoms with Gasteiger partial charge in [0.15, 0.2) is 0 Å². The first-order valence-electron chi connectivity index (χ1n) is 0.894. The van der Waals surface area contributed by atoms with Gasteiger partial charge in [-0.15, -0.1) is 0 Å². The van der Waals surface area contributed by atoms with E-state index in [0.29, 0.717) is 0 Å². The van der Waals surface area contributed by atoms with Gasteiger partial charge >= 0.3 is 0 Å². The zero-order valence-corrected chi connectivity index (χ0v) is 3.75. The Hall–Kier alpha value is 0.454. The van der Waals surface area contributed by atoms with Crippen molar-refractivity contribution >= 4 is 0 Å². The Balaban J connectivity index is 0. The van der Waals surface area contributed by atoms with Crippen LogP contribution in [0.3, 0.4) is 0 Å². The maximum atomic E-state index is 3.50. The first-order valence-corrected chi connectivity index (χ1v) is 0.894. The Morgan fingerprint density at radius 1 is 1.25 bits per heavy atom. The molecule has 1 nitrogen and oxygen atoms in total. The first kappa shape index (κ1) is 8.82. The van der Waals surface area contributed by atoms with E-state index in [4.69, 9.17) is 0 Å². The summed E-state index contributed by atoms with van der Waals surface area (Å²) < 4.78 is 0. The molecule has 0 amide bonds. The molecule has 4 heavy (non-hydrogen) atoms. The quantitative estimate of drug-likeness (QED) is 0.399. The Bertz CT molecular complexity index is 6.00.